The number of methoxy groups -OCH3 is 3. The van der Waals surface area contributed by atoms with Crippen molar-refractivity contribution in [2.45, 2.75) is 39.2 Å². The second-order valence-electron chi connectivity index (χ2n) is 7.55. The van der Waals surface area contributed by atoms with Gasteiger partial charge in [0.05, 0.1) is 27.4 Å². The summed E-state index contributed by atoms with van der Waals surface area (Å²) in [4.78, 5) is 15.4. The van der Waals surface area contributed by atoms with Gasteiger partial charge in [0, 0.05) is 12.5 Å². The molecule has 0 saturated heterocycles. The van der Waals surface area contributed by atoms with E-state index in [0.29, 0.717) is 12.3 Å². The van der Waals surface area contributed by atoms with Crippen molar-refractivity contribution in [3.63, 3.8) is 0 Å². The van der Waals surface area contributed by atoms with E-state index in [0.717, 1.165) is 41.9 Å². The number of hydrogen-bond donors (Lipinski definition) is 0. The van der Waals surface area contributed by atoms with Crippen molar-refractivity contribution in [3.8, 4) is 17.2 Å². The zero-order valence-electron chi connectivity index (χ0n) is 18.0. The van der Waals surface area contributed by atoms with Crippen LogP contribution in [0.25, 0.3) is 0 Å². The fraction of sp³-hybridized carbons (Fsp3) is 0.458. The van der Waals surface area contributed by atoms with Crippen molar-refractivity contribution in [2.75, 3.05) is 27.9 Å². The molecule has 156 valence electrons. The number of carbonyl (C=O) groups excluding carboxylic acids is 1. The molecule has 0 bridgehead atoms. The lowest BCUT2D eigenvalue weighted by molar-refractivity contribution is -0.137. The van der Waals surface area contributed by atoms with Gasteiger partial charge < -0.3 is 19.1 Å². The summed E-state index contributed by atoms with van der Waals surface area (Å²) < 4.78 is 16.4. The summed E-state index contributed by atoms with van der Waals surface area (Å²) in [5.74, 6) is 2.41. The summed E-state index contributed by atoms with van der Waals surface area (Å²) in [6.45, 7) is 4.83. The molecule has 0 radical (unpaired) electrons. The van der Waals surface area contributed by atoms with Crippen molar-refractivity contribution in [2.24, 2.45) is 5.92 Å². The predicted octanol–water partition coefficient (Wildman–Crippen LogP) is 4.62. The van der Waals surface area contributed by atoms with E-state index in [1.807, 2.05) is 48.2 Å². The van der Waals surface area contributed by atoms with Crippen LogP contribution in [0.4, 0.5) is 0 Å². The summed E-state index contributed by atoms with van der Waals surface area (Å²) in [6.07, 6.45) is 2.69. The van der Waals surface area contributed by atoms with Crippen LogP contribution in [-0.2, 0) is 11.2 Å². The molecule has 0 fully saturated rings. The van der Waals surface area contributed by atoms with Gasteiger partial charge in [0.1, 0.15) is 5.75 Å². The van der Waals surface area contributed by atoms with Gasteiger partial charge in [-0.2, -0.15) is 0 Å². The molecule has 5 heteroatoms. The highest BCUT2D eigenvalue weighted by Gasteiger charge is 2.34. The summed E-state index contributed by atoms with van der Waals surface area (Å²) in [5, 5.41) is 0. The Labute approximate surface area is 173 Å². The van der Waals surface area contributed by atoms with E-state index in [-0.39, 0.29) is 17.9 Å². The second kappa shape index (κ2) is 9.21. The first kappa shape index (κ1) is 21.0. The molecule has 0 aliphatic carbocycles. The quantitative estimate of drug-likeness (QED) is 0.684. The normalized spacial score (nSPS) is 16.7. The molecule has 5 nitrogen and oxygen atoms in total. The van der Waals surface area contributed by atoms with Gasteiger partial charge in [-0.3, -0.25) is 4.79 Å². The van der Waals surface area contributed by atoms with Crippen molar-refractivity contribution < 1.29 is 19.0 Å². The third-order valence-corrected chi connectivity index (χ3v) is 5.73. The third kappa shape index (κ3) is 4.19. The van der Waals surface area contributed by atoms with Crippen LogP contribution in [0.5, 0.6) is 17.2 Å². The lowest BCUT2D eigenvalue weighted by atomic mass is 9.86. The Morgan fingerprint density at radius 1 is 1.07 bits per heavy atom. The molecular formula is C24H31NO4. The maximum Gasteiger partial charge on any atom is 0.226 e. The molecule has 2 aromatic carbocycles. The number of hydrogen-bond acceptors (Lipinski definition) is 4. The molecule has 0 N–H and O–H groups in total. The lowest BCUT2D eigenvalue weighted by Gasteiger charge is -2.39. The van der Waals surface area contributed by atoms with Gasteiger partial charge in [-0.15, -0.1) is 0 Å². The Hall–Kier alpha value is -2.69. The van der Waals surface area contributed by atoms with Crippen molar-refractivity contribution >= 4 is 5.91 Å². The minimum absolute atomic E-state index is 0.00226. The first-order chi connectivity index (χ1) is 14.0. The maximum absolute atomic E-state index is 13.3. The first-order valence-electron chi connectivity index (χ1n) is 10.2. The Morgan fingerprint density at radius 2 is 1.72 bits per heavy atom. The van der Waals surface area contributed by atoms with Crippen LogP contribution >= 0.6 is 0 Å². The Morgan fingerprint density at radius 3 is 2.31 bits per heavy atom. The zero-order chi connectivity index (χ0) is 21.0. The van der Waals surface area contributed by atoms with Gasteiger partial charge in [-0.25, -0.2) is 0 Å². The largest absolute Gasteiger partial charge is 0.497 e. The highest BCUT2D eigenvalue weighted by atomic mass is 16.5. The smallest absolute Gasteiger partial charge is 0.226 e. The van der Waals surface area contributed by atoms with Crippen LogP contribution in [0.3, 0.4) is 0 Å². The molecule has 1 aliphatic heterocycles. The van der Waals surface area contributed by atoms with Gasteiger partial charge in [0.15, 0.2) is 11.5 Å². The van der Waals surface area contributed by atoms with E-state index in [2.05, 4.69) is 6.92 Å². The number of benzene rings is 2. The standard InChI is InChI=1S/C24H31NO4/c1-6-7-16(2)24(26)25-13-12-18-14-21(28-4)22(29-5)15-20(18)23(25)17-8-10-19(27-3)11-9-17/h8-11,14-16,23H,6-7,12-13H2,1-5H3/t16-,23+/m1/s1. The van der Waals surface area contributed by atoms with Crippen molar-refractivity contribution in [1.82, 2.24) is 4.90 Å². The number of nitrogens with zero attached hydrogens (tertiary/aromatic N) is 1. The Balaban J connectivity index is 2.10. The molecule has 0 unspecified atom stereocenters. The molecule has 2 atom stereocenters. The van der Waals surface area contributed by atoms with E-state index in [1.54, 1.807) is 21.3 Å². The van der Waals surface area contributed by atoms with Crippen molar-refractivity contribution in [3.05, 3.63) is 53.1 Å². The van der Waals surface area contributed by atoms with Crippen LogP contribution < -0.4 is 14.2 Å². The lowest BCUT2D eigenvalue weighted by Crippen LogP contribution is -2.43. The molecule has 2 aromatic rings. The number of rotatable bonds is 7. The summed E-state index contributed by atoms with van der Waals surface area (Å²) in [7, 11) is 4.95. The molecule has 0 saturated carbocycles. The van der Waals surface area contributed by atoms with E-state index in [4.69, 9.17) is 14.2 Å². The summed E-state index contributed by atoms with van der Waals surface area (Å²) >= 11 is 0. The maximum atomic E-state index is 13.3. The van der Waals surface area contributed by atoms with E-state index < -0.39 is 0 Å². The zero-order valence-corrected chi connectivity index (χ0v) is 18.0. The molecule has 0 aromatic heterocycles. The number of carbonyl (C=O) groups is 1. The molecule has 1 amide bonds. The van der Waals surface area contributed by atoms with Crippen LogP contribution in [0.1, 0.15) is 49.4 Å². The van der Waals surface area contributed by atoms with Gasteiger partial charge in [0.25, 0.3) is 0 Å². The summed E-state index contributed by atoms with van der Waals surface area (Å²) in [5.41, 5.74) is 3.35. The minimum Gasteiger partial charge on any atom is -0.497 e. The van der Waals surface area contributed by atoms with Gasteiger partial charge >= 0.3 is 0 Å². The second-order valence-corrected chi connectivity index (χ2v) is 7.55. The Bertz CT molecular complexity index is 847. The number of fused-ring (bicyclic) bond motifs is 1. The van der Waals surface area contributed by atoms with Crippen LogP contribution in [0.2, 0.25) is 0 Å². The van der Waals surface area contributed by atoms with Crippen molar-refractivity contribution in [1.29, 1.82) is 0 Å². The fourth-order valence-electron chi connectivity index (χ4n) is 4.17. The first-order valence-corrected chi connectivity index (χ1v) is 10.2. The predicted molar refractivity (Wildman–Crippen MR) is 114 cm³/mol. The van der Waals surface area contributed by atoms with E-state index in [1.165, 1.54) is 5.56 Å². The topological polar surface area (TPSA) is 48.0 Å². The van der Waals surface area contributed by atoms with Gasteiger partial charge in [-0.05, 0) is 53.8 Å². The SMILES string of the molecule is CCC[C@@H](C)C(=O)N1CCc2cc(OC)c(OC)cc2[C@@H]1c1ccc(OC)cc1. The number of amides is 1. The molecule has 29 heavy (non-hydrogen) atoms. The van der Waals surface area contributed by atoms with E-state index in [9.17, 15) is 4.79 Å². The Kier molecular flexibility index (Phi) is 6.68. The minimum atomic E-state index is -0.156. The molecule has 1 heterocycles. The highest BCUT2D eigenvalue weighted by Crippen LogP contribution is 2.42. The molecular weight excluding hydrogens is 366 g/mol. The average Bonchev–Trinajstić information content (AvgIpc) is 2.76. The molecule has 1 aliphatic rings. The average molecular weight is 398 g/mol. The van der Waals surface area contributed by atoms with E-state index >= 15 is 0 Å². The molecule has 3 rings (SSSR count). The van der Waals surface area contributed by atoms with Gasteiger partial charge in [-0.1, -0.05) is 32.4 Å². The molecule has 0 spiro atoms. The van der Waals surface area contributed by atoms with Crippen LogP contribution in [0, 0.1) is 5.92 Å². The van der Waals surface area contributed by atoms with Crippen LogP contribution in [0.15, 0.2) is 36.4 Å². The monoisotopic (exact) mass is 397 g/mol. The highest BCUT2D eigenvalue weighted by molar-refractivity contribution is 5.80. The van der Waals surface area contributed by atoms with Gasteiger partial charge in [0.2, 0.25) is 5.91 Å². The number of ether oxygens (including phenoxy) is 3. The fourth-order valence-corrected chi connectivity index (χ4v) is 4.17. The van der Waals surface area contributed by atoms with Crippen LogP contribution in [-0.4, -0.2) is 38.7 Å². The summed E-state index contributed by atoms with van der Waals surface area (Å²) in [6, 6.07) is 11.9. The third-order valence-electron chi connectivity index (χ3n) is 5.73.